The van der Waals surface area contributed by atoms with Gasteiger partial charge in [0.25, 0.3) is 0 Å². The normalized spacial score (nSPS) is 7.27. The van der Waals surface area contributed by atoms with E-state index in [1.165, 1.54) is 0 Å². The van der Waals surface area contributed by atoms with Gasteiger partial charge in [-0.05, 0) is 0 Å². The van der Waals surface area contributed by atoms with Crippen molar-refractivity contribution in [1.82, 2.24) is 0 Å². The van der Waals surface area contributed by atoms with Gasteiger partial charge in [0.1, 0.15) is 0 Å². The Bertz CT molecular complexity index is 161. The molecule has 2 N–H and O–H groups in total. The first kappa shape index (κ1) is 13.4. The molecular formula is C3H3KO7. The monoisotopic (exact) mass is 190 g/mol. The zero-order chi connectivity index (χ0) is 8.15. The minimum atomic E-state index is -1.92. The van der Waals surface area contributed by atoms with Crippen LogP contribution < -0.4 is 51.4 Å². The molecule has 0 aliphatic heterocycles. The summed E-state index contributed by atoms with van der Waals surface area (Å²) in [5.41, 5.74) is 0. The fraction of sp³-hybridized carbons (Fsp3) is 0. The molecule has 0 atom stereocenters. The number of carboxylic acid groups (broad SMARTS) is 2. The predicted octanol–water partition coefficient (Wildman–Crippen LogP) is -2.39. The molecule has 0 aromatic heterocycles. The van der Waals surface area contributed by atoms with E-state index in [0.717, 1.165) is 0 Å². The zero-order valence-electron chi connectivity index (χ0n) is 6.44. The molecule has 0 radical (unpaired) electrons. The summed E-state index contributed by atoms with van der Waals surface area (Å²) in [5.74, 6) is 0. The van der Waals surface area contributed by atoms with Gasteiger partial charge in [0, 0.05) is 0 Å². The van der Waals surface area contributed by atoms with Gasteiger partial charge < -0.3 is 21.1 Å². The summed E-state index contributed by atoms with van der Waals surface area (Å²) in [7, 11) is 0. The molecule has 0 fully saturated rings. The van der Waals surface area contributed by atoms with Crippen molar-refractivity contribution in [2.45, 2.75) is 0 Å². The fourth-order valence-electron chi connectivity index (χ4n) is 0.163. The number of ether oxygens (including phenoxy) is 2. The van der Waals surface area contributed by atoms with Crippen molar-refractivity contribution in [3.63, 3.8) is 0 Å². The maximum atomic E-state index is 9.86. The number of hydrogen-bond donors (Lipinski definition) is 2. The molecule has 0 saturated heterocycles. The molecule has 11 heavy (non-hydrogen) atoms. The Kier molecular flexibility index (Phi) is 8.00. The molecule has 0 aromatic rings. The summed E-state index contributed by atoms with van der Waals surface area (Å²) in [5, 5.41) is 15.4. The number of carbonyl (C=O) groups excluding carboxylic acids is 1. The van der Waals surface area contributed by atoms with E-state index in [4.69, 9.17) is 10.2 Å². The maximum absolute atomic E-state index is 9.86. The Balaban J connectivity index is -0.000000405. The van der Waals surface area contributed by atoms with Crippen molar-refractivity contribution in [2.24, 2.45) is 0 Å². The van der Waals surface area contributed by atoms with Crippen LogP contribution in [0.15, 0.2) is 0 Å². The third-order valence-corrected chi connectivity index (χ3v) is 0.341. The standard InChI is InChI=1S/C3H2O7.K.H/c4-1(5)9-3(8)10-2(6)7;;/h(H,4,5)(H,6,7);;/q;+1;-1. The van der Waals surface area contributed by atoms with E-state index >= 15 is 0 Å². The van der Waals surface area contributed by atoms with Crippen LogP contribution >= 0.6 is 0 Å². The van der Waals surface area contributed by atoms with E-state index in [-0.39, 0.29) is 52.8 Å². The first-order valence-electron chi connectivity index (χ1n) is 1.88. The summed E-state index contributed by atoms with van der Waals surface area (Å²) in [6, 6.07) is 0. The molecule has 58 valence electrons. The van der Waals surface area contributed by atoms with Crippen molar-refractivity contribution in [2.75, 3.05) is 0 Å². The summed E-state index contributed by atoms with van der Waals surface area (Å²) in [6.07, 6.45) is -5.64. The maximum Gasteiger partial charge on any atom is 1.00 e. The van der Waals surface area contributed by atoms with E-state index in [2.05, 4.69) is 9.47 Å². The van der Waals surface area contributed by atoms with E-state index in [0.29, 0.717) is 0 Å². The zero-order valence-corrected chi connectivity index (χ0v) is 8.56. The fourth-order valence-corrected chi connectivity index (χ4v) is 0.163. The van der Waals surface area contributed by atoms with Gasteiger partial charge in [-0.1, -0.05) is 0 Å². The topological polar surface area (TPSA) is 110 Å². The van der Waals surface area contributed by atoms with Crippen molar-refractivity contribution >= 4 is 18.5 Å². The molecule has 0 heterocycles. The number of carbonyl (C=O) groups is 3. The second-order valence-electron chi connectivity index (χ2n) is 0.986. The molecule has 0 bridgehead atoms. The molecular weight excluding hydrogens is 187 g/mol. The van der Waals surface area contributed by atoms with Gasteiger partial charge in [0.05, 0.1) is 0 Å². The van der Waals surface area contributed by atoms with Crippen LogP contribution in [-0.4, -0.2) is 28.7 Å². The molecule has 7 nitrogen and oxygen atoms in total. The van der Waals surface area contributed by atoms with E-state index in [1.807, 2.05) is 0 Å². The van der Waals surface area contributed by atoms with E-state index < -0.39 is 18.5 Å². The van der Waals surface area contributed by atoms with Gasteiger partial charge in [-0.25, -0.2) is 14.4 Å². The van der Waals surface area contributed by atoms with Gasteiger partial charge in [-0.2, -0.15) is 0 Å². The largest absolute Gasteiger partial charge is 1.00 e. The van der Waals surface area contributed by atoms with Crippen LogP contribution in [0.2, 0.25) is 0 Å². The number of hydrogen-bond acceptors (Lipinski definition) is 5. The van der Waals surface area contributed by atoms with Crippen LogP contribution in [0, 0.1) is 0 Å². The molecule has 0 aliphatic rings. The second-order valence-corrected chi connectivity index (χ2v) is 0.986. The summed E-state index contributed by atoms with van der Waals surface area (Å²) >= 11 is 0. The van der Waals surface area contributed by atoms with E-state index in [9.17, 15) is 14.4 Å². The van der Waals surface area contributed by atoms with Crippen LogP contribution in [0.4, 0.5) is 14.4 Å². The summed E-state index contributed by atoms with van der Waals surface area (Å²) in [4.78, 5) is 28.8. The predicted molar refractivity (Wildman–Crippen MR) is 24.7 cm³/mol. The van der Waals surface area contributed by atoms with Crippen LogP contribution in [0.1, 0.15) is 1.43 Å². The summed E-state index contributed by atoms with van der Waals surface area (Å²) < 4.78 is 6.47. The average molecular weight is 190 g/mol. The molecule has 0 unspecified atom stereocenters. The molecule has 0 aliphatic carbocycles. The molecule has 0 rings (SSSR count). The van der Waals surface area contributed by atoms with Gasteiger partial charge in [-0.15, -0.1) is 0 Å². The van der Waals surface area contributed by atoms with Gasteiger partial charge in [0.15, 0.2) is 0 Å². The molecule has 0 aromatic carbocycles. The minimum absolute atomic E-state index is 0. The summed E-state index contributed by atoms with van der Waals surface area (Å²) in [6.45, 7) is 0. The van der Waals surface area contributed by atoms with Gasteiger partial charge in [-0.3, -0.25) is 0 Å². The Morgan fingerprint density at radius 1 is 1.00 bits per heavy atom. The Labute approximate surface area is 104 Å². The van der Waals surface area contributed by atoms with Gasteiger partial charge in [0.2, 0.25) is 0 Å². The smallest absolute Gasteiger partial charge is 1.00 e. The van der Waals surface area contributed by atoms with Gasteiger partial charge >= 0.3 is 69.9 Å². The van der Waals surface area contributed by atoms with Crippen LogP contribution in [0.5, 0.6) is 0 Å². The minimum Gasteiger partial charge on any atom is -1.00 e. The van der Waals surface area contributed by atoms with Crippen LogP contribution in [0.25, 0.3) is 0 Å². The van der Waals surface area contributed by atoms with Crippen LogP contribution in [0.3, 0.4) is 0 Å². The van der Waals surface area contributed by atoms with Crippen molar-refractivity contribution in [3.05, 3.63) is 0 Å². The van der Waals surface area contributed by atoms with Crippen molar-refractivity contribution in [3.8, 4) is 0 Å². The van der Waals surface area contributed by atoms with Crippen LogP contribution in [-0.2, 0) is 9.47 Å². The Hall–Kier alpha value is -0.154. The van der Waals surface area contributed by atoms with E-state index in [1.54, 1.807) is 0 Å². The quantitative estimate of drug-likeness (QED) is 0.249. The molecule has 0 amide bonds. The molecule has 8 heteroatoms. The number of rotatable bonds is 0. The second kappa shape index (κ2) is 6.55. The third-order valence-electron chi connectivity index (χ3n) is 0.341. The third kappa shape index (κ3) is 9.85. The molecule has 0 spiro atoms. The Morgan fingerprint density at radius 3 is 1.45 bits per heavy atom. The first-order valence-corrected chi connectivity index (χ1v) is 1.88. The Morgan fingerprint density at radius 2 is 1.27 bits per heavy atom. The van der Waals surface area contributed by atoms with Crippen molar-refractivity contribution < 1.29 is 86.9 Å². The molecule has 0 saturated carbocycles. The SMILES string of the molecule is O=C(O)OC(=O)OC(=O)O.[H-].[K+]. The average Bonchev–Trinajstić information content (AvgIpc) is 1.58. The van der Waals surface area contributed by atoms with Crippen molar-refractivity contribution in [1.29, 1.82) is 0 Å². The first-order chi connectivity index (χ1) is 4.52.